The lowest BCUT2D eigenvalue weighted by molar-refractivity contribution is -0.142. The molecule has 0 radical (unpaired) electrons. The maximum absolute atomic E-state index is 12.3. The number of rotatable bonds is 0. The Labute approximate surface area is 123 Å². The molecular formula is C14H8BrN3O2. The average Bonchev–Trinajstić information content (AvgIpc) is 2.67. The van der Waals surface area contributed by atoms with Gasteiger partial charge in [-0.2, -0.15) is 10.5 Å². The standard InChI is InChI=1S/C14H8BrN3O2/c15-9-3-6-7-1-2-8(10(6)9)14(5-17)12(20)18-11(19)13(7,14)4-16/h1-3,6-8,10H,(H,18,19,20)/t6-,7-,8-,10+,13+,14+/m1/s1. The van der Waals surface area contributed by atoms with Gasteiger partial charge in [-0.15, -0.1) is 0 Å². The first-order valence-corrected chi connectivity index (χ1v) is 7.08. The Morgan fingerprint density at radius 3 is 2.20 bits per heavy atom. The van der Waals surface area contributed by atoms with Crippen molar-refractivity contribution in [3.63, 3.8) is 0 Å². The van der Waals surface area contributed by atoms with E-state index in [9.17, 15) is 20.1 Å². The van der Waals surface area contributed by atoms with Gasteiger partial charge in [0.05, 0.1) is 12.1 Å². The quantitative estimate of drug-likeness (QED) is 0.530. The van der Waals surface area contributed by atoms with Crippen molar-refractivity contribution < 1.29 is 9.59 Å². The third-order valence-electron chi connectivity index (χ3n) is 5.33. The molecule has 5 aliphatic rings. The minimum Gasteiger partial charge on any atom is -0.293 e. The molecule has 2 bridgehead atoms. The van der Waals surface area contributed by atoms with Crippen LogP contribution in [-0.2, 0) is 9.59 Å². The lowest BCUT2D eigenvalue weighted by Gasteiger charge is -2.59. The summed E-state index contributed by atoms with van der Waals surface area (Å²) < 4.78 is 0.954. The van der Waals surface area contributed by atoms with Crippen molar-refractivity contribution in [3.8, 4) is 12.1 Å². The molecule has 0 aromatic carbocycles. The van der Waals surface area contributed by atoms with Gasteiger partial charge in [0.1, 0.15) is 0 Å². The molecule has 4 aliphatic carbocycles. The molecule has 6 atom stereocenters. The summed E-state index contributed by atoms with van der Waals surface area (Å²) >= 11 is 3.45. The topological polar surface area (TPSA) is 93.8 Å². The van der Waals surface area contributed by atoms with Gasteiger partial charge in [0.25, 0.3) is 0 Å². The molecule has 5 rings (SSSR count). The largest absolute Gasteiger partial charge is 0.293 e. The lowest BCUT2D eigenvalue weighted by Crippen LogP contribution is -2.64. The smallest absolute Gasteiger partial charge is 0.249 e. The molecule has 0 unspecified atom stereocenters. The number of carbonyl (C=O) groups excluding carboxylic acids is 2. The molecule has 0 spiro atoms. The fraction of sp³-hybridized carbons (Fsp3) is 0.429. The summed E-state index contributed by atoms with van der Waals surface area (Å²) in [5.74, 6) is -2.06. The van der Waals surface area contributed by atoms with Crippen LogP contribution in [0.15, 0.2) is 22.7 Å². The first-order valence-electron chi connectivity index (χ1n) is 6.28. The van der Waals surface area contributed by atoms with Crippen LogP contribution in [0.3, 0.4) is 0 Å². The molecule has 1 aliphatic heterocycles. The van der Waals surface area contributed by atoms with Gasteiger partial charge >= 0.3 is 0 Å². The van der Waals surface area contributed by atoms with Gasteiger partial charge in [-0.3, -0.25) is 14.9 Å². The van der Waals surface area contributed by atoms with Crippen LogP contribution in [-0.4, -0.2) is 11.8 Å². The number of nitrogens with one attached hydrogen (secondary N) is 1. The number of carbonyl (C=O) groups is 2. The summed E-state index contributed by atoms with van der Waals surface area (Å²) in [5, 5.41) is 21.6. The molecule has 6 heteroatoms. The normalized spacial score (nSPS) is 50.2. The molecule has 5 nitrogen and oxygen atoms in total. The Morgan fingerprint density at radius 1 is 1.10 bits per heavy atom. The van der Waals surface area contributed by atoms with E-state index in [4.69, 9.17) is 0 Å². The second kappa shape index (κ2) is 3.21. The maximum Gasteiger partial charge on any atom is 0.249 e. The van der Waals surface area contributed by atoms with Crippen LogP contribution in [0.4, 0.5) is 0 Å². The van der Waals surface area contributed by atoms with Crippen LogP contribution in [0, 0.1) is 57.2 Å². The highest BCUT2D eigenvalue weighted by molar-refractivity contribution is 9.11. The SMILES string of the molecule is N#C[C@]12C(=O)NC(=O)[C@]1(C#N)[C@@H]1C=C[C@@H]2[C@H]2C=C(Br)[C@@H]21. The number of nitriles is 2. The number of halogens is 1. The van der Waals surface area contributed by atoms with Gasteiger partial charge in [-0.05, 0) is 10.4 Å². The van der Waals surface area contributed by atoms with Crippen LogP contribution in [0.5, 0.6) is 0 Å². The van der Waals surface area contributed by atoms with E-state index < -0.39 is 34.5 Å². The molecule has 20 heavy (non-hydrogen) atoms. The van der Waals surface area contributed by atoms with Crippen LogP contribution >= 0.6 is 15.9 Å². The van der Waals surface area contributed by atoms with Crippen molar-refractivity contribution in [2.45, 2.75) is 0 Å². The first-order chi connectivity index (χ1) is 9.54. The van der Waals surface area contributed by atoms with E-state index in [0.717, 1.165) is 4.48 Å². The number of hydrogen-bond donors (Lipinski definition) is 1. The van der Waals surface area contributed by atoms with Crippen molar-refractivity contribution in [1.29, 1.82) is 10.5 Å². The fourth-order valence-electron chi connectivity index (χ4n) is 4.45. The molecule has 2 amide bonds. The second-order valence-corrected chi connectivity index (χ2v) is 6.63. The van der Waals surface area contributed by atoms with Crippen molar-refractivity contribution >= 4 is 27.7 Å². The minimum atomic E-state index is -1.60. The molecule has 1 saturated carbocycles. The van der Waals surface area contributed by atoms with E-state index in [1.54, 1.807) is 0 Å². The highest BCUT2D eigenvalue weighted by atomic mass is 79.9. The first kappa shape index (κ1) is 11.9. The van der Waals surface area contributed by atoms with Crippen LogP contribution in [0.25, 0.3) is 0 Å². The Balaban J connectivity index is 2.08. The van der Waals surface area contributed by atoms with Gasteiger partial charge < -0.3 is 0 Å². The zero-order valence-corrected chi connectivity index (χ0v) is 11.7. The average molecular weight is 330 g/mol. The fourth-order valence-corrected chi connectivity index (χ4v) is 5.35. The molecule has 0 aromatic heterocycles. The van der Waals surface area contributed by atoms with Crippen LogP contribution in [0.1, 0.15) is 0 Å². The van der Waals surface area contributed by atoms with Gasteiger partial charge in [-0.1, -0.05) is 34.2 Å². The monoisotopic (exact) mass is 329 g/mol. The summed E-state index contributed by atoms with van der Waals surface area (Å²) in [4.78, 5) is 24.6. The van der Waals surface area contributed by atoms with E-state index in [1.165, 1.54) is 0 Å². The van der Waals surface area contributed by atoms with Gasteiger partial charge in [0.2, 0.25) is 11.8 Å². The predicted octanol–water partition coefficient (Wildman–Crippen LogP) is 1.00. The van der Waals surface area contributed by atoms with Crippen LogP contribution < -0.4 is 5.32 Å². The Kier molecular flexibility index (Phi) is 1.91. The van der Waals surface area contributed by atoms with E-state index in [1.807, 2.05) is 30.4 Å². The van der Waals surface area contributed by atoms with Gasteiger partial charge in [0, 0.05) is 17.8 Å². The third-order valence-corrected chi connectivity index (χ3v) is 6.12. The van der Waals surface area contributed by atoms with Gasteiger partial charge in [-0.25, -0.2) is 0 Å². The van der Waals surface area contributed by atoms with E-state index in [2.05, 4.69) is 21.2 Å². The number of imide groups is 1. The molecule has 1 heterocycles. The van der Waals surface area contributed by atoms with Crippen molar-refractivity contribution in [2.24, 2.45) is 34.5 Å². The number of nitrogens with zero attached hydrogens (tertiary/aromatic N) is 2. The molecule has 0 aromatic rings. The van der Waals surface area contributed by atoms with Crippen molar-refractivity contribution in [1.82, 2.24) is 5.32 Å². The van der Waals surface area contributed by atoms with E-state index in [-0.39, 0.29) is 11.8 Å². The molecule has 1 N–H and O–H groups in total. The molecular weight excluding hydrogens is 322 g/mol. The summed E-state index contributed by atoms with van der Waals surface area (Å²) in [6, 6.07) is 4.06. The summed E-state index contributed by atoms with van der Waals surface area (Å²) in [7, 11) is 0. The predicted molar refractivity (Wildman–Crippen MR) is 69.4 cm³/mol. The molecule has 98 valence electrons. The van der Waals surface area contributed by atoms with Crippen molar-refractivity contribution in [2.75, 3.05) is 0 Å². The Hall–Kier alpha value is -1.92. The highest BCUT2D eigenvalue weighted by Crippen LogP contribution is 2.70. The third kappa shape index (κ3) is 0.837. The zero-order chi connectivity index (χ0) is 14.3. The number of amides is 2. The highest BCUT2D eigenvalue weighted by Gasteiger charge is 2.80. The zero-order valence-electron chi connectivity index (χ0n) is 10.1. The van der Waals surface area contributed by atoms with E-state index >= 15 is 0 Å². The van der Waals surface area contributed by atoms with E-state index in [0.29, 0.717) is 0 Å². The van der Waals surface area contributed by atoms with Crippen LogP contribution in [0.2, 0.25) is 0 Å². The van der Waals surface area contributed by atoms with Gasteiger partial charge in [0.15, 0.2) is 10.8 Å². The summed E-state index contributed by atoms with van der Waals surface area (Å²) in [6.45, 7) is 0. The van der Waals surface area contributed by atoms with Crippen molar-refractivity contribution in [3.05, 3.63) is 22.7 Å². The number of hydrogen-bond acceptors (Lipinski definition) is 4. The minimum absolute atomic E-state index is 0.0165. The summed E-state index contributed by atoms with van der Waals surface area (Å²) in [6.07, 6.45) is 5.64. The Morgan fingerprint density at radius 2 is 1.65 bits per heavy atom. The molecule has 1 saturated heterocycles. The molecule has 2 fully saturated rings. The number of allylic oxidation sites excluding steroid dienone is 4. The Bertz CT molecular complexity index is 728. The second-order valence-electron chi connectivity index (χ2n) is 5.71. The maximum atomic E-state index is 12.3. The lowest BCUT2D eigenvalue weighted by atomic mass is 9.39. The summed E-state index contributed by atoms with van der Waals surface area (Å²) in [5.41, 5.74) is -3.20.